The van der Waals surface area contributed by atoms with Crippen LogP contribution in [0.3, 0.4) is 0 Å². The van der Waals surface area contributed by atoms with E-state index in [0.29, 0.717) is 0 Å². The number of carbonyl (C=O) groups excluding carboxylic acids is 1. The topological polar surface area (TPSA) is 168 Å². The summed E-state index contributed by atoms with van der Waals surface area (Å²) >= 11 is 0. The zero-order valence-corrected chi connectivity index (χ0v) is 18.6. The van der Waals surface area contributed by atoms with Crippen LogP contribution < -0.4 is 0 Å². The molecule has 1 saturated carbocycles. The highest BCUT2D eigenvalue weighted by molar-refractivity contribution is 5.87. The molecule has 11 atom stereocenters. The third kappa shape index (κ3) is 4.28. The number of epoxide rings is 1. The van der Waals surface area contributed by atoms with Crippen molar-refractivity contribution in [3.05, 3.63) is 54.3 Å². The Balaban J connectivity index is 1.31. The van der Waals surface area contributed by atoms with Gasteiger partial charge >= 0.3 is 5.97 Å². The monoisotopic (exact) mass is 492 g/mol. The highest BCUT2D eigenvalue weighted by atomic mass is 16.8. The lowest BCUT2D eigenvalue weighted by Crippen LogP contribution is -2.60. The van der Waals surface area contributed by atoms with Crippen LogP contribution in [0.5, 0.6) is 0 Å². The summed E-state index contributed by atoms with van der Waals surface area (Å²) in [5.74, 6) is -1.64. The van der Waals surface area contributed by atoms with Gasteiger partial charge in [-0.15, -0.1) is 0 Å². The van der Waals surface area contributed by atoms with Gasteiger partial charge in [0.2, 0.25) is 6.29 Å². The number of ether oxygens (including phenoxy) is 5. The molecule has 3 heterocycles. The Hall–Kier alpha value is -2.35. The van der Waals surface area contributed by atoms with Crippen molar-refractivity contribution in [3.63, 3.8) is 0 Å². The van der Waals surface area contributed by atoms with Gasteiger partial charge in [0, 0.05) is 12.0 Å². The highest BCUT2D eigenvalue weighted by Crippen LogP contribution is 2.60. The van der Waals surface area contributed by atoms with E-state index in [4.69, 9.17) is 23.7 Å². The number of aliphatic hydroxyl groups excluding tert-OH is 5. The van der Waals surface area contributed by atoms with Gasteiger partial charge in [-0.2, -0.15) is 0 Å². The van der Waals surface area contributed by atoms with Gasteiger partial charge in [0.1, 0.15) is 42.2 Å². The minimum absolute atomic E-state index is 0.390. The second-order valence-electron chi connectivity index (χ2n) is 9.07. The van der Waals surface area contributed by atoms with Crippen molar-refractivity contribution in [2.75, 3.05) is 13.2 Å². The average Bonchev–Trinajstić information content (AvgIpc) is 3.56. The molecule has 190 valence electrons. The number of hydrogen-bond donors (Lipinski definition) is 5. The first kappa shape index (κ1) is 24.3. The van der Waals surface area contributed by atoms with E-state index < -0.39 is 85.8 Å². The zero-order valence-electron chi connectivity index (χ0n) is 18.6. The summed E-state index contributed by atoms with van der Waals surface area (Å²) in [5, 5.41) is 50.0. The molecule has 0 amide bonds. The summed E-state index contributed by atoms with van der Waals surface area (Å²) in [5.41, 5.74) is -0.262. The predicted molar refractivity (Wildman–Crippen MR) is 116 cm³/mol. The Kier molecular flexibility index (Phi) is 6.68. The molecular weight excluding hydrogens is 464 g/mol. The summed E-state index contributed by atoms with van der Waals surface area (Å²) in [6.07, 6.45) is -3.78. The summed E-state index contributed by atoms with van der Waals surface area (Å²) in [6.45, 7) is -0.999. The minimum Gasteiger partial charge on any atom is -0.472 e. The van der Waals surface area contributed by atoms with Gasteiger partial charge in [-0.05, 0) is 17.7 Å². The third-order valence-electron chi connectivity index (χ3n) is 7.06. The van der Waals surface area contributed by atoms with E-state index in [-0.39, 0.29) is 0 Å². The number of rotatable bonds is 7. The van der Waals surface area contributed by atoms with Crippen molar-refractivity contribution in [3.8, 4) is 0 Å². The Morgan fingerprint density at radius 1 is 1.06 bits per heavy atom. The second-order valence-corrected chi connectivity index (χ2v) is 9.07. The number of aliphatic hydroxyl groups is 5. The molecular formula is C24H28O11. The molecule has 0 bridgehead atoms. The van der Waals surface area contributed by atoms with Crippen molar-refractivity contribution in [2.24, 2.45) is 11.8 Å². The number of benzene rings is 1. The van der Waals surface area contributed by atoms with Crippen molar-refractivity contribution < 1.29 is 54.0 Å². The van der Waals surface area contributed by atoms with Crippen LogP contribution in [0.1, 0.15) is 5.56 Å². The fraction of sp³-hybridized carbons (Fsp3) is 0.542. The SMILES string of the molecule is O=C(/C=C/c1ccccc1)O[C@@H]1[C@@H]2C=CO[C@@H](O[C@H]3O[C@@H](CO)[C@H](O)[C@@H](O)[C@@H]3O)[C@@H]2[C@]2(CO)O[C@@H]12. The Morgan fingerprint density at radius 3 is 2.54 bits per heavy atom. The van der Waals surface area contributed by atoms with Crippen molar-refractivity contribution in [1.29, 1.82) is 0 Å². The van der Waals surface area contributed by atoms with E-state index in [1.807, 2.05) is 30.3 Å². The molecule has 1 aromatic carbocycles. The lowest BCUT2D eigenvalue weighted by molar-refractivity contribution is -0.344. The van der Waals surface area contributed by atoms with Gasteiger partial charge in [-0.3, -0.25) is 0 Å². The minimum atomic E-state index is -1.63. The largest absolute Gasteiger partial charge is 0.472 e. The maximum atomic E-state index is 12.5. The first-order valence-electron chi connectivity index (χ1n) is 11.4. The van der Waals surface area contributed by atoms with Crippen LogP contribution in [0, 0.1) is 11.8 Å². The van der Waals surface area contributed by atoms with Gasteiger partial charge in [-0.25, -0.2) is 4.79 Å². The smallest absolute Gasteiger partial charge is 0.331 e. The lowest BCUT2D eigenvalue weighted by atomic mass is 9.85. The summed E-state index contributed by atoms with van der Waals surface area (Å²) in [7, 11) is 0. The van der Waals surface area contributed by atoms with Crippen molar-refractivity contribution in [1.82, 2.24) is 0 Å². The summed E-state index contributed by atoms with van der Waals surface area (Å²) in [4.78, 5) is 12.5. The average molecular weight is 492 g/mol. The van der Waals surface area contributed by atoms with Crippen LogP contribution in [-0.2, 0) is 28.5 Å². The normalized spacial score (nSPS) is 43.9. The molecule has 0 aromatic heterocycles. The Bertz CT molecular complexity index is 965. The Morgan fingerprint density at radius 2 is 1.83 bits per heavy atom. The molecule has 5 rings (SSSR count). The molecule has 0 spiro atoms. The number of hydrogen-bond acceptors (Lipinski definition) is 11. The van der Waals surface area contributed by atoms with Gasteiger partial charge < -0.3 is 49.2 Å². The lowest BCUT2D eigenvalue weighted by Gasteiger charge is -2.43. The van der Waals surface area contributed by atoms with Crippen molar-refractivity contribution >= 4 is 12.0 Å². The van der Waals surface area contributed by atoms with Crippen LogP contribution in [0.15, 0.2) is 48.7 Å². The van der Waals surface area contributed by atoms with Crippen LogP contribution >= 0.6 is 0 Å². The van der Waals surface area contributed by atoms with Gasteiger partial charge in [0.15, 0.2) is 6.29 Å². The fourth-order valence-electron chi connectivity index (χ4n) is 5.19. The van der Waals surface area contributed by atoms with E-state index in [2.05, 4.69) is 0 Å². The van der Waals surface area contributed by atoms with Gasteiger partial charge in [0.25, 0.3) is 0 Å². The quantitative estimate of drug-likeness (QED) is 0.174. The molecule has 35 heavy (non-hydrogen) atoms. The van der Waals surface area contributed by atoms with Gasteiger partial charge in [0.05, 0.1) is 25.4 Å². The van der Waals surface area contributed by atoms with Gasteiger partial charge in [-0.1, -0.05) is 30.3 Å². The van der Waals surface area contributed by atoms with E-state index >= 15 is 0 Å². The number of fused-ring (bicyclic) bond motifs is 3. The van der Waals surface area contributed by atoms with E-state index in [0.717, 1.165) is 5.56 Å². The van der Waals surface area contributed by atoms with E-state index in [1.54, 1.807) is 12.2 Å². The first-order valence-corrected chi connectivity index (χ1v) is 11.4. The second kappa shape index (κ2) is 9.60. The Labute approximate surface area is 200 Å². The summed E-state index contributed by atoms with van der Waals surface area (Å²) < 4.78 is 28.3. The maximum absolute atomic E-state index is 12.5. The van der Waals surface area contributed by atoms with Crippen LogP contribution in [-0.4, -0.2) is 99.5 Å². The van der Waals surface area contributed by atoms with Crippen molar-refractivity contribution in [2.45, 2.75) is 54.8 Å². The molecule has 5 N–H and O–H groups in total. The fourth-order valence-corrected chi connectivity index (χ4v) is 5.19. The molecule has 1 aromatic rings. The van der Waals surface area contributed by atoms with E-state index in [9.17, 15) is 30.3 Å². The zero-order chi connectivity index (χ0) is 24.7. The number of carbonyl (C=O) groups is 1. The molecule has 11 nitrogen and oxygen atoms in total. The standard InChI is InChI=1S/C24H28O11/c25-10-14-17(28)18(29)19(30)23(32-14)34-22-16-13(8-9-31-22)20(21-24(16,11-26)35-21)33-15(27)7-6-12-4-2-1-3-5-12/h1-9,13-14,16-23,25-26,28-30H,10-11H2/b7-6+/t13-,14+,16-,17+,18-,19+,20-,21+,22+,23-,24+/m1/s1. The predicted octanol–water partition coefficient (Wildman–Crippen LogP) is -1.33. The maximum Gasteiger partial charge on any atom is 0.331 e. The van der Waals surface area contributed by atoms with E-state index in [1.165, 1.54) is 12.3 Å². The van der Waals surface area contributed by atoms with Crippen LogP contribution in [0.2, 0.25) is 0 Å². The summed E-state index contributed by atoms with van der Waals surface area (Å²) in [6, 6.07) is 9.26. The number of esters is 1. The molecule has 3 aliphatic heterocycles. The molecule has 1 aliphatic carbocycles. The molecule has 2 saturated heterocycles. The highest BCUT2D eigenvalue weighted by Gasteiger charge is 2.77. The molecule has 0 radical (unpaired) electrons. The molecule has 4 aliphatic rings. The molecule has 11 heteroatoms. The third-order valence-corrected chi connectivity index (χ3v) is 7.06. The first-order chi connectivity index (χ1) is 16.9. The molecule has 3 fully saturated rings. The molecule has 0 unspecified atom stereocenters. The van der Waals surface area contributed by atoms with Crippen LogP contribution in [0.25, 0.3) is 6.08 Å². The van der Waals surface area contributed by atoms with Crippen LogP contribution in [0.4, 0.5) is 0 Å².